The Balaban J connectivity index is 2.68. The van der Waals surface area contributed by atoms with Gasteiger partial charge in [-0.25, -0.2) is 4.39 Å². The first-order valence-corrected chi connectivity index (χ1v) is 5.20. The summed E-state index contributed by atoms with van der Waals surface area (Å²) in [7, 11) is 1.80. The molecule has 1 aromatic rings. The maximum absolute atomic E-state index is 13.5. The summed E-state index contributed by atoms with van der Waals surface area (Å²) in [4.78, 5) is 0. The summed E-state index contributed by atoms with van der Waals surface area (Å²) in [6.45, 7) is 3.90. The van der Waals surface area contributed by atoms with E-state index in [4.69, 9.17) is 4.74 Å². The quantitative estimate of drug-likeness (QED) is 0.804. The van der Waals surface area contributed by atoms with Gasteiger partial charge in [0.1, 0.15) is 6.61 Å². The molecule has 0 aliphatic rings. The first-order chi connectivity index (χ1) is 7.42. The van der Waals surface area contributed by atoms with Crippen LogP contribution in [0.1, 0.15) is 19.4 Å². The van der Waals surface area contributed by atoms with Crippen LogP contribution in [0.4, 0.5) is 4.39 Å². The van der Waals surface area contributed by atoms with Crippen LogP contribution in [0.2, 0.25) is 0 Å². The van der Waals surface area contributed by atoms with Gasteiger partial charge in [-0.2, -0.15) is 0 Å². The van der Waals surface area contributed by atoms with Crippen LogP contribution in [0, 0.1) is 5.82 Å². The van der Waals surface area contributed by atoms with Crippen molar-refractivity contribution in [2.24, 2.45) is 0 Å². The predicted octanol–water partition coefficient (Wildman–Crippen LogP) is 1.69. The van der Waals surface area contributed by atoms with Gasteiger partial charge in [-0.05, 0) is 38.6 Å². The third-order valence-corrected chi connectivity index (χ3v) is 1.96. The summed E-state index contributed by atoms with van der Waals surface area (Å²) in [5.74, 6) is -0.237. The molecule has 0 saturated carbocycles. The minimum atomic E-state index is -0.962. The van der Waals surface area contributed by atoms with E-state index >= 15 is 0 Å². The minimum absolute atomic E-state index is 0.0648. The van der Waals surface area contributed by atoms with Gasteiger partial charge in [0.2, 0.25) is 0 Å². The van der Waals surface area contributed by atoms with Gasteiger partial charge >= 0.3 is 0 Å². The molecule has 16 heavy (non-hydrogen) atoms. The van der Waals surface area contributed by atoms with Gasteiger partial charge in [0.15, 0.2) is 11.6 Å². The third-order valence-electron chi connectivity index (χ3n) is 1.96. The molecule has 0 saturated heterocycles. The first-order valence-electron chi connectivity index (χ1n) is 5.20. The molecule has 0 spiro atoms. The maximum atomic E-state index is 13.5. The van der Waals surface area contributed by atoms with Crippen molar-refractivity contribution < 1.29 is 14.2 Å². The highest BCUT2D eigenvalue weighted by Gasteiger charge is 2.14. The topological polar surface area (TPSA) is 41.5 Å². The molecule has 0 amide bonds. The highest BCUT2D eigenvalue weighted by Crippen LogP contribution is 2.19. The Labute approximate surface area is 95.2 Å². The van der Waals surface area contributed by atoms with E-state index in [2.05, 4.69) is 5.32 Å². The number of ether oxygens (including phenoxy) is 1. The van der Waals surface area contributed by atoms with Crippen LogP contribution in [0.5, 0.6) is 5.75 Å². The number of hydrogen-bond acceptors (Lipinski definition) is 3. The molecule has 0 atom stereocenters. The van der Waals surface area contributed by atoms with Crippen molar-refractivity contribution in [3.8, 4) is 5.75 Å². The second-order valence-electron chi connectivity index (χ2n) is 4.40. The molecule has 0 unspecified atom stereocenters. The van der Waals surface area contributed by atoms with Crippen LogP contribution < -0.4 is 10.1 Å². The van der Waals surface area contributed by atoms with E-state index in [9.17, 15) is 9.50 Å². The molecule has 90 valence electrons. The van der Waals surface area contributed by atoms with Crippen molar-refractivity contribution in [2.45, 2.75) is 26.0 Å². The monoisotopic (exact) mass is 227 g/mol. The van der Waals surface area contributed by atoms with E-state index in [-0.39, 0.29) is 12.4 Å². The number of nitrogens with one attached hydrogen (secondary N) is 1. The van der Waals surface area contributed by atoms with Crippen LogP contribution in [0.25, 0.3) is 0 Å². The van der Waals surface area contributed by atoms with E-state index in [1.165, 1.54) is 6.07 Å². The lowest BCUT2D eigenvalue weighted by Gasteiger charge is -2.18. The zero-order valence-corrected chi connectivity index (χ0v) is 9.88. The van der Waals surface area contributed by atoms with Crippen molar-refractivity contribution in [1.82, 2.24) is 5.32 Å². The van der Waals surface area contributed by atoms with Gasteiger partial charge in [0, 0.05) is 6.54 Å². The molecule has 0 aliphatic carbocycles. The van der Waals surface area contributed by atoms with Crippen LogP contribution in [0.3, 0.4) is 0 Å². The molecular formula is C12H18FNO2. The van der Waals surface area contributed by atoms with Crippen molar-refractivity contribution >= 4 is 0 Å². The summed E-state index contributed by atoms with van der Waals surface area (Å²) in [6, 6.07) is 4.79. The molecule has 0 radical (unpaired) electrons. The van der Waals surface area contributed by atoms with E-state index in [0.29, 0.717) is 6.54 Å². The first kappa shape index (κ1) is 12.9. The summed E-state index contributed by atoms with van der Waals surface area (Å²) in [5, 5.41) is 12.4. The average molecular weight is 227 g/mol. The summed E-state index contributed by atoms with van der Waals surface area (Å²) < 4.78 is 18.7. The Bertz CT molecular complexity index is 347. The molecule has 2 N–H and O–H groups in total. The number of hydrogen-bond donors (Lipinski definition) is 2. The Morgan fingerprint density at radius 2 is 2.12 bits per heavy atom. The molecule has 0 aromatic heterocycles. The number of benzene rings is 1. The largest absolute Gasteiger partial charge is 0.488 e. The van der Waals surface area contributed by atoms with Gasteiger partial charge < -0.3 is 15.2 Å². The zero-order valence-electron chi connectivity index (χ0n) is 9.88. The van der Waals surface area contributed by atoms with Gasteiger partial charge in [-0.15, -0.1) is 0 Å². The predicted molar refractivity (Wildman–Crippen MR) is 61.0 cm³/mol. The fraction of sp³-hybridized carbons (Fsp3) is 0.500. The highest BCUT2D eigenvalue weighted by atomic mass is 19.1. The lowest BCUT2D eigenvalue weighted by atomic mass is 10.1. The van der Waals surface area contributed by atoms with Crippen molar-refractivity contribution in [3.63, 3.8) is 0 Å². The second kappa shape index (κ2) is 5.27. The Morgan fingerprint density at radius 1 is 1.44 bits per heavy atom. The number of halogens is 1. The zero-order chi connectivity index (χ0) is 12.2. The number of rotatable bonds is 5. The lowest BCUT2D eigenvalue weighted by molar-refractivity contribution is 0.0271. The lowest BCUT2D eigenvalue weighted by Crippen LogP contribution is -2.28. The molecule has 0 heterocycles. The van der Waals surface area contributed by atoms with Crippen LogP contribution in [-0.2, 0) is 6.54 Å². The Morgan fingerprint density at radius 3 is 2.62 bits per heavy atom. The van der Waals surface area contributed by atoms with E-state index in [1.54, 1.807) is 33.0 Å². The fourth-order valence-electron chi connectivity index (χ4n) is 1.23. The van der Waals surface area contributed by atoms with E-state index < -0.39 is 11.4 Å². The van der Waals surface area contributed by atoms with Crippen molar-refractivity contribution in [1.29, 1.82) is 0 Å². The van der Waals surface area contributed by atoms with E-state index in [1.807, 2.05) is 0 Å². The minimum Gasteiger partial charge on any atom is -0.488 e. The summed E-state index contributed by atoms with van der Waals surface area (Å²) >= 11 is 0. The van der Waals surface area contributed by atoms with Gasteiger partial charge in [-0.3, -0.25) is 0 Å². The smallest absolute Gasteiger partial charge is 0.165 e. The van der Waals surface area contributed by atoms with Crippen molar-refractivity contribution in [3.05, 3.63) is 29.6 Å². The van der Waals surface area contributed by atoms with E-state index in [0.717, 1.165) is 5.56 Å². The molecule has 0 aliphatic heterocycles. The maximum Gasteiger partial charge on any atom is 0.165 e. The summed E-state index contributed by atoms with van der Waals surface area (Å²) in [5.41, 5.74) is -0.105. The van der Waals surface area contributed by atoms with Crippen molar-refractivity contribution in [2.75, 3.05) is 13.7 Å². The van der Waals surface area contributed by atoms with Gasteiger partial charge in [0.25, 0.3) is 0 Å². The number of aliphatic hydroxyl groups is 1. The molecule has 0 bridgehead atoms. The normalized spacial score (nSPS) is 11.6. The standard InChI is InChI=1S/C12H18FNO2/c1-12(2,15)8-16-11-5-4-9(7-14-3)6-10(11)13/h4-6,14-15H,7-8H2,1-3H3. The molecule has 3 nitrogen and oxygen atoms in total. The molecule has 1 rings (SSSR count). The van der Waals surface area contributed by atoms with Gasteiger partial charge in [0.05, 0.1) is 5.60 Å². The Hall–Kier alpha value is -1.13. The second-order valence-corrected chi connectivity index (χ2v) is 4.40. The third kappa shape index (κ3) is 4.16. The highest BCUT2D eigenvalue weighted by molar-refractivity contribution is 5.29. The van der Waals surface area contributed by atoms with Crippen LogP contribution in [-0.4, -0.2) is 24.4 Å². The molecule has 0 fully saturated rings. The molecule has 1 aromatic carbocycles. The van der Waals surface area contributed by atoms with Gasteiger partial charge in [-0.1, -0.05) is 6.07 Å². The Kier molecular flexibility index (Phi) is 4.26. The van der Waals surface area contributed by atoms with Crippen LogP contribution >= 0.6 is 0 Å². The summed E-state index contributed by atoms with van der Waals surface area (Å²) in [6.07, 6.45) is 0. The average Bonchev–Trinajstić information content (AvgIpc) is 2.15. The SMILES string of the molecule is CNCc1ccc(OCC(C)(C)O)c(F)c1. The molecule has 4 heteroatoms. The fourth-order valence-corrected chi connectivity index (χ4v) is 1.23. The molecular weight excluding hydrogens is 209 g/mol. The van der Waals surface area contributed by atoms with Crippen LogP contribution in [0.15, 0.2) is 18.2 Å².